The van der Waals surface area contributed by atoms with Gasteiger partial charge in [-0.2, -0.15) is 0 Å². The van der Waals surface area contributed by atoms with Gasteiger partial charge >= 0.3 is 0 Å². The zero-order valence-electron chi connectivity index (χ0n) is 13.1. The third-order valence-electron chi connectivity index (χ3n) is 4.87. The summed E-state index contributed by atoms with van der Waals surface area (Å²) in [5.74, 6) is 0.599. The van der Waals surface area contributed by atoms with Crippen LogP contribution in [-0.2, 0) is 0 Å². The quantitative estimate of drug-likeness (QED) is 0.599. The van der Waals surface area contributed by atoms with Crippen LogP contribution in [0, 0.1) is 5.41 Å². The standard InChI is InChI=1S/C18H30N2/c1-15(16-6-8-17(19)9-7-16)10-13-20-14-18(2)11-4-3-5-12-18/h6-9,15,20H,3-5,10-14,19H2,1-2H3. The van der Waals surface area contributed by atoms with Crippen LogP contribution in [0.15, 0.2) is 24.3 Å². The van der Waals surface area contributed by atoms with E-state index in [2.05, 4.69) is 31.3 Å². The first kappa shape index (κ1) is 15.4. The van der Waals surface area contributed by atoms with Crippen LogP contribution in [0.1, 0.15) is 63.9 Å². The van der Waals surface area contributed by atoms with E-state index < -0.39 is 0 Å². The van der Waals surface area contributed by atoms with Crippen LogP contribution in [0.3, 0.4) is 0 Å². The van der Waals surface area contributed by atoms with Gasteiger partial charge in [0.15, 0.2) is 0 Å². The molecule has 2 nitrogen and oxygen atoms in total. The Morgan fingerprint density at radius 2 is 1.80 bits per heavy atom. The lowest BCUT2D eigenvalue weighted by atomic mass is 9.76. The highest BCUT2D eigenvalue weighted by atomic mass is 14.9. The van der Waals surface area contributed by atoms with Crippen LogP contribution in [0.4, 0.5) is 5.69 Å². The molecule has 0 bridgehead atoms. The number of nitrogens with one attached hydrogen (secondary N) is 1. The maximum Gasteiger partial charge on any atom is 0.0314 e. The fraction of sp³-hybridized carbons (Fsp3) is 0.667. The summed E-state index contributed by atoms with van der Waals surface area (Å²) in [6.07, 6.45) is 8.25. The third kappa shape index (κ3) is 4.52. The Morgan fingerprint density at radius 1 is 1.15 bits per heavy atom. The first-order valence-electron chi connectivity index (χ1n) is 8.15. The molecule has 3 N–H and O–H groups in total. The normalized spacial score (nSPS) is 19.7. The van der Waals surface area contributed by atoms with Crippen molar-refractivity contribution in [1.29, 1.82) is 0 Å². The number of hydrogen-bond acceptors (Lipinski definition) is 2. The van der Waals surface area contributed by atoms with Crippen molar-refractivity contribution < 1.29 is 0 Å². The van der Waals surface area contributed by atoms with Gasteiger partial charge < -0.3 is 11.1 Å². The van der Waals surface area contributed by atoms with Gasteiger partial charge in [-0.15, -0.1) is 0 Å². The molecule has 20 heavy (non-hydrogen) atoms. The molecule has 1 unspecified atom stereocenters. The Balaban J connectivity index is 1.68. The first-order chi connectivity index (χ1) is 9.59. The summed E-state index contributed by atoms with van der Waals surface area (Å²) < 4.78 is 0. The second-order valence-corrected chi connectivity index (χ2v) is 6.90. The Morgan fingerprint density at radius 3 is 2.45 bits per heavy atom. The smallest absolute Gasteiger partial charge is 0.0314 e. The molecule has 2 heteroatoms. The topological polar surface area (TPSA) is 38.0 Å². The molecule has 1 aliphatic rings. The molecule has 0 radical (unpaired) electrons. The van der Waals surface area contributed by atoms with Crippen LogP contribution in [0.2, 0.25) is 0 Å². The van der Waals surface area contributed by atoms with Gasteiger partial charge in [-0.25, -0.2) is 0 Å². The molecule has 0 spiro atoms. The molecule has 1 aromatic carbocycles. The fourth-order valence-corrected chi connectivity index (χ4v) is 3.28. The molecule has 1 atom stereocenters. The lowest BCUT2D eigenvalue weighted by Crippen LogP contribution is -2.34. The summed E-state index contributed by atoms with van der Waals surface area (Å²) in [4.78, 5) is 0. The number of nitrogens with two attached hydrogens (primary N) is 1. The summed E-state index contributed by atoms with van der Waals surface area (Å²) in [5.41, 5.74) is 8.52. The molecule has 112 valence electrons. The SMILES string of the molecule is CC(CCNCC1(C)CCCCC1)c1ccc(N)cc1. The van der Waals surface area contributed by atoms with E-state index in [-0.39, 0.29) is 0 Å². The van der Waals surface area contributed by atoms with Gasteiger partial charge in [0.25, 0.3) is 0 Å². The highest BCUT2D eigenvalue weighted by Gasteiger charge is 2.25. The average Bonchev–Trinajstić information content (AvgIpc) is 2.45. The van der Waals surface area contributed by atoms with E-state index >= 15 is 0 Å². The van der Waals surface area contributed by atoms with Gasteiger partial charge in [-0.05, 0) is 54.8 Å². The van der Waals surface area contributed by atoms with Crippen molar-refractivity contribution >= 4 is 5.69 Å². The van der Waals surface area contributed by atoms with E-state index in [9.17, 15) is 0 Å². The molecule has 1 fully saturated rings. The van der Waals surface area contributed by atoms with Crippen molar-refractivity contribution in [1.82, 2.24) is 5.32 Å². The molecular formula is C18H30N2. The first-order valence-corrected chi connectivity index (χ1v) is 8.15. The monoisotopic (exact) mass is 274 g/mol. The van der Waals surface area contributed by atoms with Gasteiger partial charge in [-0.3, -0.25) is 0 Å². The molecule has 1 saturated carbocycles. The van der Waals surface area contributed by atoms with Gasteiger partial charge in [0, 0.05) is 12.2 Å². The van der Waals surface area contributed by atoms with E-state index in [0.717, 1.165) is 12.2 Å². The van der Waals surface area contributed by atoms with E-state index in [4.69, 9.17) is 5.73 Å². The maximum absolute atomic E-state index is 5.73. The molecular weight excluding hydrogens is 244 g/mol. The Hall–Kier alpha value is -1.02. The highest BCUT2D eigenvalue weighted by molar-refractivity contribution is 5.40. The van der Waals surface area contributed by atoms with Crippen LogP contribution >= 0.6 is 0 Å². The van der Waals surface area contributed by atoms with Crippen molar-refractivity contribution in [2.24, 2.45) is 5.41 Å². The summed E-state index contributed by atoms with van der Waals surface area (Å²) in [5, 5.41) is 3.68. The zero-order chi connectivity index (χ0) is 14.4. The molecule has 0 heterocycles. The molecule has 1 aliphatic carbocycles. The van der Waals surface area contributed by atoms with Crippen molar-refractivity contribution in [2.75, 3.05) is 18.8 Å². The van der Waals surface area contributed by atoms with Gasteiger partial charge in [0.1, 0.15) is 0 Å². The number of rotatable bonds is 6. The summed E-state index contributed by atoms with van der Waals surface area (Å²) >= 11 is 0. The molecule has 2 rings (SSSR count). The second kappa shape index (κ2) is 7.12. The van der Waals surface area contributed by atoms with Crippen molar-refractivity contribution in [3.05, 3.63) is 29.8 Å². The Bertz CT molecular complexity index is 390. The van der Waals surface area contributed by atoms with E-state index in [1.165, 1.54) is 50.6 Å². The molecule has 0 aromatic heterocycles. The fourth-order valence-electron chi connectivity index (χ4n) is 3.28. The highest BCUT2D eigenvalue weighted by Crippen LogP contribution is 2.34. The minimum Gasteiger partial charge on any atom is -0.399 e. The van der Waals surface area contributed by atoms with Gasteiger partial charge in [0.2, 0.25) is 0 Å². The minimum atomic E-state index is 0.544. The zero-order valence-corrected chi connectivity index (χ0v) is 13.1. The van der Waals surface area contributed by atoms with Crippen LogP contribution in [0.5, 0.6) is 0 Å². The molecule has 0 amide bonds. The van der Waals surface area contributed by atoms with Crippen LogP contribution < -0.4 is 11.1 Å². The lowest BCUT2D eigenvalue weighted by molar-refractivity contribution is 0.208. The second-order valence-electron chi connectivity index (χ2n) is 6.90. The predicted molar refractivity (Wildman–Crippen MR) is 87.9 cm³/mol. The lowest BCUT2D eigenvalue weighted by Gasteiger charge is -2.34. The van der Waals surface area contributed by atoms with Crippen molar-refractivity contribution in [3.63, 3.8) is 0 Å². The molecule has 0 saturated heterocycles. The number of benzene rings is 1. The predicted octanol–water partition coefficient (Wildman–Crippen LogP) is 4.32. The number of anilines is 1. The largest absolute Gasteiger partial charge is 0.399 e. The van der Waals surface area contributed by atoms with Crippen molar-refractivity contribution in [2.45, 2.75) is 58.3 Å². The van der Waals surface area contributed by atoms with E-state index in [1.807, 2.05) is 12.1 Å². The molecule has 0 aliphatic heterocycles. The Labute approximate surface area is 124 Å². The number of hydrogen-bond donors (Lipinski definition) is 2. The summed E-state index contributed by atoms with van der Waals surface area (Å²) in [6.45, 7) is 7.04. The van der Waals surface area contributed by atoms with Gasteiger partial charge in [0.05, 0.1) is 0 Å². The molecule has 1 aromatic rings. The van der Waals surface area contributed by atoms with Gasteiger partial charge in [-0.1, -0.05) is 45.2 Å². The van der Waals surface area contributed by atoms with Crippen molar-refractivity contribution in [3.8, 4) is 0 Å². The minimum absolute atomic E-state index is 0.544. The van der Waals surface area contributed by atoms with Crippen LogP contribution in [0.25, 0.3) is 0 Å². The third-order valence-corrected chi connectivity index (χ3v) is 4.87. The maximum atomic E-state index is 5.73. The summed E-state index contributed by atoms with van der Waals surface area (Å²) in [7, 11) is 0. The Kier molecular flexibility index (Phi) is 5.47. The van der Waals surface area contributed by atoms with Crippen LogP contribution in [-0.4, -0.2) is 13.1 Å². The average molecular weight is 274 g/mol. The number of nitrogen functional groups attached to an aromatic ring is 1. The van der Waals surface area contributed by atoms with E-state index in [0.29, 0.717) is 11.3 Å². The van der Waals surface area contributed by atoms with E-state index in [1.54, 1.807) is 0 Å². The summed E-state index contributed by atoms with van der Waals surface area (Å²) in [6, 6.07) is 8.32.